The molecule has 21 heavy (non-hydrogen) atoms. The van der Waals surface area contributed by atoms with Gasteiger partial charge in [-0.05, 0) is 48.9 Å². The lowest BCUT2D eigenvalue weighted by atomic mass is 9.98. The number of halogens is 1. The van der Waals surface area contributed by atoms with Crippen molar-refractivity contribution in [2.45, 2.75) is 13.0 Å². The van der Waals surface area contributed by atoms with Gasteiger partial charge in [0.15, 0.2) is 0 Å². The van der Waals surface area contributed by atoms with E-state index in [1.807, 2.05) is 31.4 Å². The summed E-state index contributed by atoms with van der Waals surface area (Å²) in [6.45, 7) is 2.11. The Morgan fingerprint density at radius 2 is 1.86 bits per heavy atom. The van der Waals surface area contributed by atoms with E-state index in [0.717, 1.165) is 9.99 Å². The molecule has 1 unspecified atom stereocenters. The van der Waals surface area contributed by atoms with Gasteiger partial charge in [0, 0.05) is 16.1 Å². The standard InChI is InChI=1S/C18H17BrN2/c1-12-9-14(7-8-16(12)19)18(20-2)15-10-13-5-3-4-6-17(13)21-11-15/h3-11,18,20H,1-2H3. The molecule has 3 aromatic rings. The number of fused-ring (bicyclic) bond motifs is 1. The van der Waals surface area contributed by atoms with Gasteiger partial charge in [-0.15, -0.1) is 0 Å². The number of nitrogens with one attached hydrogen (secondary N) is 1. The van der Waals surface area contributed by atoms with Crippen molar-refractivity contribution in [3.8, 4) is 0 Å². The molecule has 1 N–H and O–H groups in total. The third-order valence-electron chi connectivity index (χ3n) is 3.75. The molecular formula is C18H17BrN2. The van der Waals surface area contributed by atoms with E-state index in [1.54, 1.807) is 0 Å². The summed E-state index contributed by atoms with van der Waals surface area (Å²) >= 11 is 3.56. The van der Waals surface area contributed by atoms with E-state index in [-0.39, 0.29) is 6.04 Å². The Morgan fingerprint density at radius 1 is 1.05 bits per heavy atom. The molecule has 2 aromatic carbocycles. The third-order valence-corrected chi connectivity index (χ3v) is 4.64. The van der Waals surface area contributed by atoms with Crippen LogP contribution in [0.5, 0.6) is 0 Å². The van der Waals surface area contributed by atoms with Crippen LogP contribution in [0.15, 0.2) is 59.2 Å². The largest absolute Gasteiger partial charge is 0.309 e. The van der Waals surface area contributed by atoms with Crippen LogP contribution in [0.2, 0.25) is 0 Å². The zero-order chi connectivity index (χ0) is 14.8. The maximum absolute atomic E-state index is 4.57. The zero-order valence-corrected chi connectivity index (χ0v) is 13.7. The molecule has 0 radical (unpaired) electrons. The van der Waals surface area contributed by atoms with Gasteiger partial charge in [0.2, 0.25) is 0 Å². The van der Waals surface area contributed by atoms with Crippen LogP contribution < -0.4 is 5.32 Å². The van der Waals surface area contributed by atoms with Gasteiger partial charge < -0.3 is 5.32 Å². The molecule has 2 nitrogen and oxygen atoms in total. The van der Waals surface area contributed by atoms with Crippen molar-refractivity contribution in [2.24, 2.45) is 0 Å². The zero-order valence-electron chi connectivity index (χ0n) is 12.1. The van der Waals surface area contributed by atoms with Gasteiger partial charge in [0.25, 0.3) is 0 Å². The molecule has 106 valence electrons. The minimum Gasteiger partial charge on any atom is -0.309 e. The summed E-state index contributed by atoms with van der Waals surface area (Å²) in [5.74, 6) is 0. The molecule has 1 aromatic heterocycles. The second-order valence-corrected chi connectivity index (χ2v) is 6.05. The van der Waals surface area contributed by atoms with Crippen LogP contribution in [0.4, 0.5) is 0 Å². The average Bonchev–Trinajstić information content (AvgIpc) is 2.51. The van der Waals surface area contributed by atoms with E-state index >= 15 is 0 Å². The first-order valence-electron chi connectivity index (χ1n) is 6.97. The van der Waals surface area contributed by atoms with Crippen LogP contribution in [-0.2, 0) is 0 Å². The number of hydrogen-bond donors (Lipinski definition) is 1. The number of pyridine rings is 1. The quantitative estimate of drug-likeness (QED) is 0.752. The normalized spacial score (nSPS) is 12.5. The van der Waals surface area contributed by atoms with E-state index in [2.05, 4.69) is 63.5 Å². The highest BCUT2D eigenvalue weighted by molar-refractivity contribution is 9.10. The topological polar surface area (TPSA) is 24.9 Å². The number of hydrogen-bond acceptors (Lipinski definition) is 2. The van der Waals surface area contributed by atoms with Crippen molar-refractivity contribution in [3.05, 3.63) is 75.9 Å². The van der Waals surface area contributed by atoms with Crippen molar-refractivity contribution in [2.75, 3.05) is 7.05 Å². The number of aryl methyl sites for hydroxylation is 1. The molecule has 3 heteroatoms. The summed E-state index contributed by atoms with van der Waals surface area (Å²) in [6.07, 6.45) is 1.96. The Kier molecular flexibility index (Phi) is 4.04. The summed E-state index contributed by atoms with van der Waals surface area (Å²) in [5, 5.41) is 4.56. The van der Waals surface area contributed by atoms with E-state index in [0.29, 0.717) is 0 Å². The van der Waals surface area contributed by atoms with Crippen molar-refractivity contribution in [1.82, 2.24) is 10.3 Å². The van der Waals surface area contributed by atoms with Crippen molar-refractivity contribution in [1.29, 1.82) is 0 Å². The fourth-order valence-electron chi connectivity index (χ4n) is 2.62. The van der Waals surface area contributed by atoms with Crippen molar-refractivity contribution >= 4 is 26.8 Å². The van der Waals surface area contributed by atoms with Crippen molar-refractivity contribution in [3.63, 3.8) is 0 Å². The third kappa shape index (κ3) is 2.85. The van der Waals surface area contributed by atoms with Crippen LogP contribution >= 0.6 is 15.9 Å². The molecule has 3 rings (SSSR count). The Morgan fingerprint density at radius 3 is 2.62 bits per heavy atom. The minimum absolute atomic E-state index is 0.147. The molecule has 1 heterocycles. The first-order chi connectivity index (χ1) is 10.2. The number of nitrogens with zero attached hydrogens (tertiary/aromatic N) is 1. The SMILES string of the molecule is CNC(c1ccc(Br)c(C)c1)c1cnc2ccccc2c1. The first-order valence-corrected chi connectivity index (χ1v) is 7.76. The van der Waals surface area contributed by atoms with Crippen LogP contribution in [-0.4, -0.2) is 12.0 Å². The Balaban J connectivity index is 2.06. The highest BCUT2D eigenvalue weighted by Gasteiger charge is 2.13. The maximum atomic E-state index is 4.57. The van der Waals surface area contributed by atoms with Crippen LogP contribution in [0, 0.1) is 6.92 Å². The molecule has 0 amide bonds. The molecule has 0 aliphatic heterocycles. The fraction of sp³-hybridized carbons (Fsp3) is 0.167. The van der Waals surface area contributed by atoms with E-state index < -0.39 is 0 Å². The lowest BCUT2D eigenvalue weighted by molar-refractivity contribution is 0.689. The molecule has 0 aliphatic carbocycles. The Labute approximate surface area is 133 Å². The Hall–Kier alpha value is -1.71. The van der Waals surface area contributed by atoms with Gasteiger partial charge in [-0.3, -0.25) is 4.98 Å². The monoisotopic (exact) mass is 340 g/mol. The number of rotatable bonds is 3. The van der Waals surface area contributed by atoms with Crippen LogP contribution in [0.3, 0.4) is 0 Å². The summed E-state index contributed by atoms with van der Waals surface area (Å²) < 4.78 is 1.14. The highest BCUT2D eigenvalue weighted by atomic mass is 79.9. The van der Waals surface area contributed by atoms with E-state index in [4.69, 9.17) is 0 Å². The lowest BCUT2D eigenvalue weighted by Gasteiger charge is -2.18. The smallest absolute Gasteiger partial charge is 0.0702 e. The van der Waals surface area contributed by atoms with Gasteiger partial charge in [-0.2, -0.15) is 0 Å². The second kappa shape index (κ2) is 5.96. The number of benzene rings is 2. The van der Waals surface area contributed by atoms with E-state index in [1.165, 1.54) is 22.1 Å². The number of aromatic nitrogens is 1. The Bertz CT molecular complexity index is 783. The van der Waals surface area contributed by atoms with E-state index in [9.17, 15) is 0 Å². The first kappa shape index (κ1) is 14.2. The van der Waals surface area contributed by atoms with Gasteiger partial charge in [0.05, 0.1) is 11.6 Å². The molecule has 0 aliphatic rings. The highest BCUT2D eigenvalue weighted by Crippen LogP contribution is 2.27. The lowest BCUT2D eigenvalue weighted by Crippen LogP contribution is -2.18. The van der Waals surface area contributed by atoms with Gasteiger partial charge in [-0.1, -0.05) is 46.3 Å². The second-order valence-electron chi connectivity index (χ2n) is 5.19. The summed E-state index contributed by atoms with van der Waals surface area (Å²) in [5.41, 5.74) is 4.69. The molecule has 0 bridgehead atoms. The van der Waals surface area contributed by atoms with Gasteiger partial charge in [0.1, 0.15) is 0 Å². The van der Waals surface area contributed by atoms with Gasteiger partial charge in [-0.25, -0.2) is 0 Å². The molecular weight excluding hydrogens is 324 g/mol. The van der Waals surface area contributed by atoms with Crippen LogP contribution in [0.1, 0.15) is 22.7 Å². The maximum Gasteiger partial charge on any atom is 0.0702 e. The molecule has 1 atom stereocenters. The predicted molar refractivity (Wildman–Crippen MR) is 91.5 cm³/mol. The number of para-hydroxylation sites is 1. The average molecular weight is 341 g/mol. The van der Waals surface area contributed by atoms with Crippen molar-refractivity contribution < 1.29 is 0 Å². The molecule has 0 spiro atoms. The summed E-state index contributed by atoms with van der Waals surface area (Å²) in [7, 11) is 1.98. The molecule has 0 saturated heterocycles. The van der Waals surface area contributed by atoms with Gasteiger partial charge >= 0.3 is 0 Å². The minimum atomic E-state index is 0.147. The summed E-state index contributed by atoms with van der Waals surface area (Å²) in [6, 6.07) is 17.0. The summed E-state index contributed by atoms with van der Waals surface area (Å²) in [4.78, 5) is 4.57. The van der Waals surface area contributed by atoms with Crippen LogP contribution in [0.25, 0.3) is 10.9 Å². The predicted octanol–water partition coefficient (Wildman–Crippen LogP) is 4.61. The fourth-order valence-corrected chi connectivity index (χ4v) is 2.87. The molecule has 0 fully saturated rings. The molecule has 0 saturated carbocycles.